The maximum absolute atomic E-state index is 12.9. The Kier molecular flexibility index (Phi) is 6.31. The van der Waals surface area contributed by atoms with Crippen LogP contribution in [-0.4, -0.2) is 53.1 Å². The van der Waals surface area contributed by atoms with Crippen molar-refractivity contribution >= 4 is 25.5 Å². The summed E-state index contributed by atoms with van der Waals surface area (Å²) in [6.07, 6.45) is -4.49. The highest BCUT2D eigenvalue weighted by Gasteiger charge is 2.33. The van der Waals surface area contributed by atoms with Gasteiger partial charge in [-0.25, -0.2) is 16.8 Å². The zero-order valence-corrected chi connectivity index (χ0v) is 17.4. The van der Waals surface area contributed by atoms with Gasteiger partial charge in [-0.05, 0) is 42.5 Å². The van der Waals surface area contributed by atoms with E-state index in [0.717, 1.165) is 40.7 Å². The van der Waals surface area contributed by atoms with E-state index >= 15 is 0 Å². The minimum absolute atomic E-state index is 0.0182. The lowest BCUT2D eigenvalue weighted by atomic mass is 10.1. The number of piperazine rings is 1. The molecule has 0 aromatic heterocycles. The van der Waals surface area contributed by atoms with Gasteiger partial charge in [-0.1, -0.05) is 6.07 Å². The maximum atomic E-state index is 12.9. The number of anilines is 1. The number of alkyl halides is 5. The van der Waals surface area contributed by atoms with Gasteiger partial charge in [0.15, 0.2) is 0 Å². The Balaban J connectivity index is 1.73. The summed E-state index contributed by atoms with van der Waals surface area (Å²) in [5.41, 5.74) is -0.493. The highest BCUT2D eigenvalue weighted by molar-refractivity contribution is 7.91. The standard InChI is InChI=1S/C18H17F5N2O4S2/c19-17(20)30(26,27)15-4-6-16(7-5-15)31(28,29)25-10-8-24(9-11-25)14-3-1-2-13(12-14)18(21,22)23/h1-7,12,17H,8-11H2. The van der Waals surface area contributed by atoms with Crippen LogP contribution in [0.2, 0.25) is 0 Å². The number of sulfone groups is 1. The van der Waals surface area contributed by atoms with E-state index in [1.54, 1.807) is 4.90 Å². The smallest absolute Gasteiger partial charge is 0.369 e. The summed E-state index contributed by atoms with van der Waals surface area (Å²) in [7, 11) is -8.88. The number of rotatable bonds is 5. The van der Waals surface area contributed by atoms with Crippen molar-refractivity contribution in [1.82, 2.24) is 4.31 Å². The van der Waals surface area contributed by atoms with Gasteiger partial charge in [-0.2, -0.15) is 26.3 Å². The second-order valence-electron chi connectivity index (χ2n) is 6.72. The summed E-state index contributed by atoms with van der Waals surface area (Å²) in [4.78, 5) is 0.656. The summed E-state index contributed by atoms with van der Waals surface area (Å²) in [5.74, 6) is -3.63. The number of benzene rings is 2. The Hall–Kier alpha value is -2.25. The lowest BCUT2D eigenvalue weighted by Crippen LogP contribution is -2.48. The summed E-state index contributed by atoms with van der Waals surface area (Å²) in [5, 5.41) is 0. The second kappa shape index (κ2) is 8.36. The molecule has 2 aromatic carbocycles. The van der Waals surface area contributed by atoms with Crippen molar-refractivity contribution in [2.24, 2.45) is 0 Å². The number of hydrogen-bond acceptors (Lipinski definition) is 5. The molecule has 1 saturated heterocycles. The van der Waals surface area contributed by atoms with Crippen LogP contribution >= 0.6 is 0 Å². The van der Waals surface area contributed by atoms with E-state index in [9.17, 15) is 38.8 Å². The zero-order valence-electron chi connectivity index (χ0n) is 15.8. The van der Waals surface area contributed by atoms with E-state index in [2.05, 4.69) is 0 Å². The van der Waals surface area contributed by atoms with Crippen LogP contribution in [0, 0.1) is 0 Å². The van der Waals surface area contributed by atoms with Gasteiger partial charge < -0.3 is 4.90 Å². The minimum atomic E-state index is -4.84. The molecule has 0 radical (unpaired) electrons. The molecule has 0 amide bonds. The predicted octanol–water partition coefficient (Wildman–Crippen LogP) is 3.21. The monoisotopic (exact) mass is 484 g/mol. The van der Waals surface area contributed by atoms with Crippen LogP contribution < -0.4 is 4.90 Å². The highest BCUT2D eigenvalue weighted by atomic mass is 32.2. The van der Waals surface area contributed by atoms with Crippen LogP contribution in [-0.2, 0) is 26.0 Å². The first-order chi connectivity index (χ1) is 14.3. The molecule has 0 saturated carbocycles. The molecule has 31 heavy (non-hydrogen) atoms. The molecular weight excluding hydrogens is 467 g/mol. The van der Waals surface area contributed by atoms with Crippen molar-refractivity contribution < 1.29 is 38.8 Å². The average Bonchev–Trinajstić information content (AvgIpc) is 2.73. The van der Waals surface area contributed by atoms with Gasteiger partial charge in [0.05, 0.1) is 15.4 Å². The van der Waals surface area contributed by atoms with Gasteiger partial charge in [-0.15, -0.1) is 0 Å². The molecule has 0 atom stereocenters. The molecule has 1 aliphatic rings. The van der Waals surface area contributed by atoms with Crippen LogP contribution in [0.4, 0.5) is 27.6 Å². The fourth-order valence-corrected chi connectivity index (χ4v) is 5.26. The molecule has 170 valence electrons. The Morgan fingerprint density at radius 1 is 0.806 bits per heavy atom. The van der Waals surface area contributed by atoms with Crippen molar-refractivity contribution in [1.29, 1.82) is 0 Å². The van der Waals surface area contributed by atoms with Crippen LogP contribution in [0.5, 0.6) is 0 Å². The molecule has 13 heteroatoms. The van der Waals surface area contributed by atoms with Gasteiger partial charge in [0.25, 0.3) is 0 Å². The normalized spacial score (nSPS) is 16.6. The Bertz CT molecular complexity index is 1140. The first kappa shape index (κ1) is 23.4. The molecule has 1 fully saturated rings. The van der Waals surface area contributed by atoms with E-state index in [0.29, 0.717) is 5.69 Å². The minimum Gasteiger partial charge on any atom is -0.369 e. The first-order valence-electron chi connectivity index (χ1n) is 8.88. The summed E-state index contributed by atoms with van der Waals surface area (Å²) >= 11 is 0. The highest BCUT2D eigenvalue weighted by Crippen LogP contribution is 2.32. The van der Waals surface area contributed by atoms with Gasteiger partial charge >= 0.3 is 11.9 Å². The van der Waals surface area contributed by atoms with Crippen LogP contribution in [0.1, 0.15) is 5.56 Å². The van der Waals surface area contributed by atoms with Gasteiger partial charge in [-0.3, -0.25) is 0 Å². The van der Waals surface area contributed by atoms with Gasteiger partial charge in [0.2, 0.25) is 19.9 Å². The van der Waals surface area contributed by atoms with Crippen LogP contribution in [0.15, 0.2) is 58.3 Å². The van der Waals surface area contributed by atoms with E-state index in [1.165, 1.54) is 12.1 Å². The lowest BCUT2D eigenvalue weighted by Gasteiger charge is -2.35. The lowest BCUT2D eigenvalue weighted by molar-refractivity contribution is -0.137. The molecular formula is C18H17F5N2O4S2. The Morgan fingerprint density at radius 2 is 1.35 bits per heavy atom. The summed E-state index contributed by atoms with van der Waals surface area (Å²) < 4.78 is 114. The Labute approximate surface area is 175 Å². The zero-order chi connectivity index (χ0) is 23.0. The molecule has 1 aliphatic heterocycles. The molecule has 3 rings (SSSR count). The topological polar surface area (TPSA) is 74.8 Å². The molecule has 6 nitrogen and oxygen atoms in total. The van der Waals surface area contributed by atoms with Crippen molar-refractivity contribution in [3.63, 3.8) is 0 Å². The number of hydrogen-bond donors (Lipinski definition) is 0. The largest absolute Gasteiger partial charge is 0.416 e. The van der Waals surface area contributed by atoms with E-state index in [1.807, 2.05) is 0 Å². The fourth-order valence-electron chi connectivity index (χ4n) is 3.12. The SMILES string of the molecule is O=S(=O)(c1ccc(S(=O)(=O)N2CCN(c3cccc(C(F)(F)F)c3)CC2)cc1)C(F)F. The second-order valence-corrected chi connectivity index (χ2v) is 10.6. The van der Waals surface area contributed by atoms with Gasteiger partial charge in [0.1, 0.15) is 0 Å². The van der Waals surface area contributed by atoms with E-state index < -0.39 is 42.3 Å². The Morgan fingerprint density at radius 3 is 1.87 bits per heavy atom. The van der Waals surface area contributed by atoms with Crippen molar-refractivity contribution in [2.75, 3.05) is 31.1 Å². The number of halogens is 5. The summed E-state index contributed by atoms with van der Waals surface area (Å²) in [6.45, 7) is 0.238. The van der Waals surface area contributed by atoms with Crippen molar-refractivity contribution in [3.05, 3.63) is 54.1 Å². The third-order valence-electron chi connectivity index (χ3n) is 4.80. The first-order valence-corrected chi connectivity index (χ1v) is 11.9. The molecule has 1 heterocycles. The molecule has 0 aliphatic carbocycles. The maximum Gasteiger partial charge on any atom is 0.416 e. The number of sulfonamides is 1. The van der Waals surface area contributed by atoms with Crippen LogP contribution in [0.3, 0.4) is 0 Å². The van der Waals surface area contributed by atoms with Crippen molar-refractivity contribution in [2.45, 2.75) is 21.7 Å². The molecule has 2 aromatic rings. The van der Waals surface area contributed by atoms with E-state index in [-0.39, 0.29) is 31.1 Å². The fraction of sp³-hybridized carbons (Fsp3) is 0.333. The summed E-state index contributed by atoms with van der Waals surface area (Å²) in [6, 6.07) is 8.18. The quantitative estimate of drug-likeness (QED) is 0.610. The number of nitrogens with zero attached hydrogens (tertiary/aromatic N) is 2. The third kappa shape index (κ3) is 4.83. The van der Waals surface area contributed by atoms with E-state index in [4.69, 9.17) is 0 Å². The average molecular weight is 484 g/mol. The van der Waals surface area contributed by atoms with Gasteiger partial charge in [0, 0.05) is 31.9 Å². The molecule has 0 bridgehead atoms. The molecule has 0 N–H and O–H groups in total. The van der Waals surface area contributed by atoms with Crippen molar-refractivity contribution in [3.8, 4) is 0 Å². The molecule has 0 spiro atoms. The predicted molar refractivity (Wildman–Crippen MR) is 102 cm³/mol. The molecule has 0 unspecified atom stereocenters. The van der Waals surface area contributed by atoms with Crippen LogP contribution in [0.25, 0.3) is 0 Å². The third-order valence-corrected chi connectivity index (χ3v) is 8.11.